The van der Waals surface area contributed by atoms with Gasteiger partial charge in [-0.25, -0.2) is 0 Å². The molecule has 0 saturated heterocycles. The minimum absolute atomic E-state index is 0.107. The first-order valence-corrected chi connectivity index (χ1v) is 8.30. The van der Waals surface area contributed by atoms with Crippen LogP contribution in [0.25, 0.3) is 0 Å². The van der Waals surface area contributed by atoms with Crippen molar-refractivity contribution in [3.05, 3.63) is 51.5 Å². The molecule has 20 heavy (non-hydrogen) atoms. The zero-order valence-electron chi connectivity index (χ0n) is 10.7. The fourth-order valence-corrected chi connectivity index (χ4v) is 4.58. The maximum absolute atomic E-state index is 12.5. The number of hydrogen-bond donors (Lipinski definition) is 0. The molecular formula is C15H12N2OS2. The summed E-state index contributed by atoms with van der Waals surface area (Å²) < 4.78 is 0. The minimum atomic E-state index is -0.753. The number of rotatable bonds is 3. The van der Waals surface area contributed by atoms with Crippen LogP contribution in [-0.4, -0.2) is 16.5 Å². The number of carbonyl (C=O) groups is 1. The van der Waals surface area contributed by atoms with Gasteiger partial charge in [0.05, 0.1) is 10.9 Å². The highest BCUT2D eigenvalue weighted by Crippen LogP contribution is 2.33. The zero-order chi connectivity index (χ0) is 13.9. The molecule has 3 nitrogen and oxygen atoms in total. The fourth-order valence-electron chi connectivity index (χ4n) is 2.24. The number of hydrogen-bond acceptors (Lipinski definition) is 5. The molecular weight excluding hydrogens is 288 g/mol. The van der Waals surface area contributed by atoms with E-state index >= 15 is 0 Å². The summed E-state index contributed by atoms with van der Waals surface area (Å²) in [5, 5.41) is 9.32. The van der Waals surface area contributed by atoms with E-state index in [-0.39, 0.29) is 5.78 Å². The van der Waals surface area contributed by atoms with E-state index < -0.39 is 5.92 Å². The summed E-state index contributed by atoms with van der Waals surface area (Å²) in [6.45, 7) is 0. The second-order valence-corrected chi connectivity index (χ2v) is 6.82. The van der Waals surface area contributed by atoms with E-state index in [4.69, 9.17) is 0 Å². The van der Waals surface area contributed by atoms with Crippen LogP contribution in [0.15, 0.2) is 30.6 Å². The molecule has 3 rings (SSSR count). The Balaban J connectivity index is 1.91. The Morgan fingerprint density at radius 3 is 3.10 bits per heavy atom. The molecule has 1 atom stereocenters. The van der Waals surface area contributed by atoms with Gasteiger partial charge < -0.3 is 0 Å². The van der Waals surface area contributed by atoms with Crippen LogP contribution < -0.4 is 0 Å². The number of fused-ring (bicyclic) bond motifs is 1. The third-order valence-corrected chi connectivity index (χ3v) is 5.54. The molecule has 0 amide bonds. The second kappa shape index (κ2) is 5.78. The standard InChI is InChI=1S/C15H12N2OS2/c16-7-12(10-2-1-4-17-8-10)15(18)14-6-11-9-19-5-3-13(11)20-14/h1-2,4,6,8,12H,3,5,9H2. The number of pyridine rings is 1. The zero-order valence-corrected chi connectivity index (χ0v) is 12.3. The van der Waals surface area contributed by atoms with E-state index in [9.17, 15) is 10.1 Å². The summed E-state index contributed by atoms with van der Waals surface area (Å²) in [7, 11) is 0. The van der Waals surface area contributed by atoms with Crippen molar-refractivity contribution in [2.75, 3.05) is 5.75 Å². The van der Waals surface area contributed by atoms with Crippen LogP contribution in [0.1, 0.15) is 31.6 Å². The summed E-state index contributed by atoms with van der Waals surface area (Å²) in [6, 6.07) is 7.61. The quantitative estimate of drug-likeness (QED) is 0.815. The molecule has 0 spiro atoms. The van der Waals surface area contributed by atoms with Gasteiger partial charge in [-0.15, -0.1) is 11.3 Å². The Hall–Kier alpha value is -1.64. The molecule has 0 fully saturated rings. The van der Waals surface area contributed by atoms with Crippen molar-refractivity contribution in [2.24, 2.45) is 0 Å². The Morgan fingerprint density at radius 2 is 2.40 bits per heavy atom. The predicted molar refractivity (Wildman–Crippen MR) is 81.1 cm³/mol. The average molecular weight is 300 g/mol. The van der Waals surface area contributed by atoms with Crippen LogP contribution in [0.4, 0.5) is 0 Å². The molecule has 2 aromatic rings. The minimum Gasteiger partial charge on any atom is -0.291 e. The third kappa shape index (κ3) is 2.49. The molecule has 5 heteroatoms. The molecule has 0 aromatic carbocycles. The van der Waals surface area contributed by atoms with E-state index in [1.165, 1.54) is 10.4 Å². The number of thiophene rings is 1. The molecule has 1 aliphatic heterocycles. The number of ketones is 1. The summed E-state index contributed by atoms with van der Waals surface area (Å²) in [5.41, 5.74) is 1.93. The lowest BCUT2D eigenvalue weighted by Gasteiger charge is -2.08. The van der Waals surface area contributed by atoms with Gasteiger partial charge in [0, 0.05) is 23.0 Å². The monoisotopic (exact) mass is 300 g/mol. The molecule has 0 aliphatic carbocycles. The number of carbonyl (C=O) groups excluding carboxylic acids is 1. The molecule has 0 saturated carbocycles. The number of aryl methyl sites for hydroxylation is 1. The molecule has 100 valence electrons. The van der Waals surface area contributed by atoms with Gasteiger partial charge in [0.25, 0.3) is 0 Å². The molecule has 1 unspecified atom stereocenters. The second-order valence-electron chi connectivity index (χ2n) is 4.57. The molecule has 0 N–H and O–H groups in total. The first-order valence-electron chi connectivity index (χ1n) is 6.32. The highest BCUT2D eigenvalue weighted by molar-refractivity contribution is 7.98. The van der Waals surface area contributed by atoms with Crippen LogP contribution in [0.5, 0.6) is 0 Å². The van der Waals surface area contributed by atoms with Gasteiger partial charge in [0.1, 0.15) is 5.92 Å². The topological polar surface area (TPSA) is 53.8 Å². The van der Waals surface area contributed by atoms with Crippen molar-refractivity contribution in [1.82, 2.24) is 4.98 Å². The van der Waals surface area contributed by atoms with Crippen molar-refractivity contribution in [1.29, 1.82) is 5.26 Å². The van der Waals surface area contributed by atoms with Crippen molar-refractivity contribution in [2.45, 2.75) is 18.1 Å². The lowest BCUT2D eigenvalue weighted by Crippen LogP contribution is -2.10. The van der Waals surface area contributed by atoms with Crippen molar-refractivity contribution < 1.29 is 4.79 Å². The third-order valence-electron chi connectivity index (χ3n) is 3.28. The summed E-state index contributed by atoms with van der Waals surface area (Å²) in [4.78, 5) is 18.5. The number of nitriles is 1. The fraction of sp³-hybridized carbons (Fsp3) is 0.267. The Kier molecular flexibility index (Phi) is 3.86. The van der Waals surface area contributed by atoms with Gasteiger partial charge >= 0.3 is 0 Å². The van der Waals surface area contributed by atoms with E-state index in [0.29, 0.717) is 10.4 Å². The molecule has 2 aromatic heterocycles. The Morgan fingerprint density at radius 1 is 1.50 bits per heavy atom. The largest absolute Gasteiger partial charge is 0.291 e. The van der Waals surface area contributed by atoms with Crippen molar-refractivity contribution in [3.63, 3.8) is 0 Å². The number of nitrogens with zero attached hydrogens (tertiary/aromatic N) is 2. The predicted octanol–water partition coefficient (Wildman–Crippen LogP) is 3.42. The van der Waals surface area contributed by atoms with Crippen LogP contribution in [0.2, 0.25) is 0 Å². The number of aromatic nitrogens is 1. The van der Waals surface area contributed by atoms with Gasteiger partial charge in [-0.3, -0.25) is 9.78 Å². The number of Topliss-reactive ketones (excluding diaryl/α,β-unsaturated/α-hetero) is 1. The summed E-state index contributed by atoms with van der Waals surface area (Å²) in [6.07, 6.45) is 4.26. The number of thioether (sulfide) groups is 1. The molecule has 3 heterocycles. The normalized spacial score (nSPS) is 15.2. The van der Waals surface area contributed by atoms with E-state index in [1.807, 2.05) is 17.8 Å². The maximum Gasteiger partial charge on any atom is 0.194 e. The first-order chi connectivity index (χ1) is 9.79. The van der Waals surface area contributed by atoms with Crippen LogP contribution in [-0.2, 0) is 12.2 Å². The van der Waals surface area contributed by atoms with Crippen LogP contribution in [0.3, 0.4) is 0 Å². The SMILES string of the molecule is N#CC(C(=O)c1cc2c(s1)CCSC2)c1cccnc1. The van der Waals surface area contributed by atoms with Crippen molar-refractivity contribution >= 4 is 28.9 Å². The van der Waals surface area contributed by atoms with E-state index in [1.54, 1.807) is 35.9 Å². The van der Waals surface area contributed by atoms with Gasteiger partial charge in [0.2, 0.25) is 0 Å². The Labute approximate surface area is 125 Å². The first kappa shape index (κ1) is 13.3. The summed E-state index contributed by atoms with van der Waals surface area (Å²) in [5.74, 6) is 1.23. The molecule has 0 bridgehead atoms. The van der Waals surface area contributed by atoms with Crippen molar-refractivity contribution in [3.8, 4) is 6.07 Å². The lowest BCUT2D eigenvalue weighted by molar-refractivity contribution is 0.0982. The van der Waals surface area contributed by atoms with Gasteiger partial charge in [-0.1, -0.05) is 6.07 Å². The van der Waals surface area contributed by atoms with Gasteiger partial charge in [0.15, 0.2) is 5.78 Å². The maximum atomic E-state index is 12.5. The van der Waals surface area contributed by atoms with Gasteiger partial charge in [-0.2, -0.15) is 17.0 Å². The smallest absolute Gasteiger partial charge is 0.194 e. The summed E-state index contributed by atoms with van der Waals surface area (Å²) >= 11 is 3.44. The van der Waals surface area contributed by atoms with Crippen LogP contribution in [0, 0.1) is 11.3 Å². The average Bonchev–Trinajstić information content (AvgIpc) is 2.93. The molecule has 1 aliphatic rings. The molecule has 0 radical (unpaired) electrons. The van der Waals surface area contributed by atoms with E-state index in [2.05, 4.69) is 11.1 Å². The van der Waals surface area contributed by atoms with Crippen LogP contribution >= 0.6 is 23.1 Å². The van der Waals surface area contributed by atoms with Gasteiger partial charge in [-0.05, 0) is 35.4 Å². The highest BCUT2D eigenvalue weighted by atomic mass is 32.2. The van der Waals surface area contributed by atoms with E-state index in [0.717, 1.165) is 17.9 Å². The Bertz CT molecular complexity index is 649. The highest BCUT2D eigenvalue weighted by Gasteiger charge is 2.25. The lowest BCUT2D eigenvalue weighted by atomic mass is 9.96.